The number of methoxy groups -OCH3 is 1. The Hall–Kier alpha value is -2.96. The second-order valence-corrected chi connectivity index (χ2v) is 5.35. The van der Waals surface area contributed by atoms with Crippen LogP contribution in [-0.2, 0) is 11.2 Å². The van der Waals surface area contributed by atoms with Gasteiger partial charge in [-0.1, -0.05) is 6.07 Å². The zero-order valence-electron chi connectivity index (χ0n) is 13.9. The number of hydrogen-bond acceptors (Lipinski definition) is 3. The molecular weight excluding hydrogens is 330 g/mol. The van der Waals surface area contributed by atoms with Crippen molar-refractivity contribution >= 4 is 17.5 Å². The SMILES string of the molecule is COc1ccc(CCNC(=O)c2ccc(F)c(F)c2)cc1NC(C)=O. The van der Waals surface area contributed by atoms with Gasteiger partial charge in [-0.2, -0.15) is 0 Å². The van der Waals surface area contributed by atoms with Crippen LogP contribution in [0.3, 0.4) is 0 Å². The van der Waals surface area contributed by atoms with Crippen molar-refractivity contribution in [2.24, 2.45) is 0 Å². The van der Waals surface area contributed by atoms with Gasteiger partial charge >= 0.3 is 0 Å². The highest BCUT2D eigenvalue weighted by Gasteiger charge is 2.10. The summed E-state index contributed by atoms with van der Waals surface area (Å²) in [7, 11) is 1.50. The maximum atomic E-state index is 13.1. The van der Waals surface area contributed by atoms with Crippen LogP contribution in [0.2, 0.25) is 0 Å². The first-order chi connectivity index (χ1) is 11.9. The van der Waals surface area contributed by atoms with Gasteiger partial charge in [0.05, 0.1) is 12.8 Å². The van der Waals surface area contributed by atoms with Crippen LogP contribution < -0.4 is 15.4 Å². The molecule has 0 aliphatic heterocycles. The van der Waals surface area contributed by atoms with Crippen LogP contribution in [0, 0.1) is 11.6 Å². The summed E-state index contributed by atoms with van der Waals surface area (Å²) in [4.78, 5) is 23.2. The number of amides is 2. The number of benzene rings is 2. The van der Waals surface area contributed by atoms with Crippen LogP contribution >= 0.6 is 0 Å². The van der Waals surface area contributed by atoms with Gasteiger partial charge in [-0.25, -0.2) is 8.78 Å². The molecule has 7 heteroatoms. The summed E-state index contributed by atoms with van der Waals surface area (Å²) in [6, 6.07) is 8.27. The summed E-state index contributed by atoms with van der Waals surface area (Å²) in [6.07, 6.45) is 0.492. The lowest BCUT2D eigenvalue weighted by Crippen LogP contribution is -2.25. The van der Waals surface area contributed by atoms with E-state index >= 15 is 0 Å². The molecule has 0 unspecified atom stereocenters. The Bertz CT molecular complexity index is 794. The zero-order valence-corrected chi connectivity index (χ0v) is 13.9. The minimum absolute atomic E-state index is 0.0487. The molecule has 0 aliphatic rings. The van der Waals surface area contributed by atoms with Crippen LogP contribution in [0.15, 0.2) is 36.4 Å². The number of nitrogens with one attached hydrogen (secondary N) is 2. The summed E-state index contributed by atoms with van der Waals surface area (Å²) in [5.41, 5.74) is 1.46. The molecule has 132 valence electrons. The van der Waals surface area contributed by atoms with Crippen LogP contribution in [0.25, 0.3) is 0 Å². The molecule has 25 heavy (non-hydrogen) atoms. The molecule has 0 aliphatic carbocycles. The number of carbonyl (C=O) groups excluding carboxylic acids is 2. The minimum Gasteiger partial charge on any atom is -0.495 e. The fourth-order valence-corrected chi connectivity index (χ4v) is 2.26. The van der Waals surface area contributed by atoms with Crippen molar-refractivity contribution in [2.45, 2.75) is 13.3 Å². The molecule has 2 aromatic carbocycles. The molecule has 0 spiro atoms. The van der Waals surface area contributed by atoms with Crippen LogP contribution in [-0.4, -0.2) is 25.5 Å². The lowest BCUT2D eigenvalue weighted by Gasteiger charge is -2.11. The van der Waals surface area contributed by atoms with Crippen LogP contribution in [0.1, 0.15) is 22.8 Å². The lowest BCUT2D eigenvalue weighted by atomic mass is 10.1. The van der Waals surface area contributed by atoms with Gasteiger partial charge in [0, 0.05) is 19.0 Å². The molecule has 0 radical (unpaired) electrons. The predicted molar refractivity (Wildman–Crippen MR) is 89.7 cm³/mol. The number of halogens is 2. The largest absolute Gasteiger partial charge is 0.495 e. The first-order valence-corrected chi connectivity index (χ1v) is 7.58. The number of hydrogen-bond donors (Lipinski definition) is 2. The van der Waals surface area contributed by atoms with E-state index in [1.807, 2.05) is 6.07 Å². The van der Waals surface area contributed by atoms with Crippen molar-refractivity contribution < 1.29 is 23.1 Å². The van der Waals surface area contributed by atoms with E-state index in [1.165, 1.54) is 20.1 Å². The van der Waals surface area contributed by atoms with Gasteiger partial charge in [-0.15, -0.1) is 0 Å². The minimum atomic E-state index is -1.07. The van der Waals surface area contributed by atoms with Gasteiger partial charge in [0.1, 0.15) is 5.75 Å². The van der Waals surface area contributed by atoms with E-state index in [0.29, 0.717) is 24.4 Å². The molecule has 0 heterocycles. The molecule has 2 aromatic rings. The Balaban J connectivity index is 1.97. The van der Waals surface area contributed by atoms with Crippen molar-refractivity contribution in [3.8, 4) is 5.75 Å². The maximum Gasteiger partial charge on any atom is 0.251 e. The fourth-order valence-electron chi connectivity index (χ4n) is 2.26. The molecular formula is C18H18F2N2O3. The van der Waals surface area contributed by atoms with E-state index in [4.69, 9.17) is 4.74 Å². The fraction of sp³-hybridized carbons (Fsp3) is 0.222. The van der Waals surface area contributed by atoms with Gasteiger partial charge in [0.2, 0.25) is 5.91 Å². The Morgan fingerprint density at radius 1 is 1.08 bits per heavy atom. The van der Waals surface area contributed by atoms with Gasteiger partial charge < -0.3 is 15.4 Å². The molecule has 0 aromatic heterocycles. The van der Waals surface area contributed by atoms with Crippen molar-refractivity contribution in [3.63, 3.8) is 0 Å². The molecule has 2 rings (SSSR count). The molecule has 2 amide bonds. The monoisotopic (exact) mass is 348 g/mol. The highest BCUT2D eigenvalue weighted by atomic mass is 19.2. The van der Waals surface area contributed by atoms with Gasteiger partial charge in [-0.3, -0.25) is 9.59 Å². The topological polar surface area (TPSA) is 67.4 Å². The highest BCUT2D eigenvalue weighted by molar-refractivity contribution is 5.94. The molecule has 0 saturated heterocycles. The summed E-state index contributed by atoms with van der Waals surface area (Å²) in [5.74, 6) is -2.25. The van der Waals surface area contributed by atoms with E-state index in [0.717, 1.165) is 17.7 Å². The quantitative estimate of drug-likeness (QED) is 0.843. The smallest absolute Gasteiger partial charge is 0.251 e. The summed E-state index contributed by atoms with van der Waals surface area (Å²) in [6.45, 7) is 1.69. The summed E-state index contributed by atoms with van der Waals surface area (Å²) in [5, 5.41) is 5.31. The Kier molecular flexibility index (Phi) is 6.05. The zero-order chi connectivity index (χ0) is 18.4. The number of anilines is 1. The standard InChI is InChI=1S/C18H18F2N2O3/c1-11(23)22-16-9-12(3-6-17(16)25-2)7-8-21-18(24)13-4-5-14(19)15(20)10-13/h3-6,9-10H,7-8H2,1-2H3,(H,21,24)(H,22,23). The Labute approximate surface area is 144 Å². The second-order valence-electron chi connectivity index (χ2n) is 5.35. The van der Waals surface area contributed by atoms with Crippen LogP contribution in [0.4, 0.5) is 14.5 Å². The van der Waals surface area contributed by atoms with E-state index in [1.54, 1.807) is 12.1 Å². The average Bonchev–Trinajstić information content (AvgIpc) is 2.57. The van der Waals surface area contributed by atoms with Crippen molar-refractivity contribution in [1.82, 2.24) is 5.32 Å². The maximum absolute atomic E-state index is 13.1. The first-order valence-electron chi connectivity index (χ1n) is 7.58. The van der Waals surface area contributed by atoms with Gasteiger partial charge in [0.15, 0.2) is 11.6 Å². The second kappa shape index (κ2) is 8.23. The average molecular weight is 348 g/mol. The molecule has 0 saturated carbocycles. The summed E-state index contributed by atoms with van der Waals surface area (Å²) < 4.78 is 31.2. The molecule has 5 nitrogen and oxygen atoms in total. The molecule has 2 N–H and O–H groups in total. The number of rotatable bonds is 6. The number of ether oxygens (including phenoxy) is 1. The third kappa shape index (κ3) is 5.00. The van der Waals surface area contributed by atoms with Crippen molar-refractivity contribution in [2.75, 3.05) is 19.0 Å². The lowest BCUT2D eigenvalue weighted by molar-refractivity contribution is -0.114. The van der Waals surface area contributed by atoms with Gasteiger partial charge in [-0.05, 0) is 42.3 Å². The van der Waals surface area contributed by atoms with E-state index in [-0.39, 0.29) is 11.5 Å². The molecule has 0 fully saturated rings. The van der Waals surface area contributed by atoms with Crippen molar-refractivity contribution in [1.29, 1.82) is 0 Å². The Morgan fingerprint density at radius 3 is 2.48 bits per heavy atom. The summed E-state index contributed by atoms with van der Waals surface area (Å²) >= 11 is 0. The van der Waals surface area contributed by atoms with Gasteiger partial charge in [0.25, 0.3) is 5.91 Å². The predicted octanol–water partition coefficient (Wildman–Crippen LogP) is 2.90. The third-order valence-corrected chi connectivity index (χ3v) is 3.46. The van der Waals surface area contributed by atoms with E-state index in [2.05, 4.69) is 10.6 Å². The van der Waals surface area contributed by atoms with E-state index < -0.39 is 17.5 Å². The normalized spacial score (nSPS) is 10.2. The third-order valence-electron chi connectivity index (χ3n) is 3.46. The highest BCUT2D eigenvalue weighted by Crippen LogP contribution is 2.25. The molecule has 0 atom stereocenters. The molecule has 0 bridgehead atoms. The van der Waals surface area contributed by atoms with Crippen LogP contribution in [0.5, 0.6) is 5.75 Å². The first kappa shape index (κ1) is 18.4. The van der Waals surface area contributed by atoms with E-state index in [9.17, 15) is 18.4 Å². The van der Waals surface area contributed by atoms with Crippen molar-refractivity contribution in [3.05, 3.63) is 59.2 Å². The Morgan fingerprint density at radius 2 is 1.84 bits per heavy atom. The number of carbonyl (C=O) groups is 2.